The first kappa shape index (κ1) is 12.7. The Kier molecular flexibility index (Phi) is 3.72. The highest BCUT2D eigenvalue weighted by molar-refractivity contribution is 9.10. The Morgan fingerprint density at radius 2 is 2.11 bits per heavy atom. The van der Waals surface area contributed by atoms with Gasteiger partial charge in [0.05, 0.1) is 11.3 Å². The molecular formula is C13H12BrN3O. The lowest BCUT2D eigenvalue weighted by molar-refractivity contribution is 0.102. The van der Waals surface area contributed by atoms with Crippen molar-refractivity contribution in [2.75, 3.05) is 5.32 Å². The van der Waals surface area contributed by atoms with Gasteiger partial charge in [0.2, 0.25) is 0 Å². The molecule has 1 N–H and O–H groups in total. The van der Waals surface area contributed by atoms with Crippen LogP contribution in [0.25, 0.3) is 0 Å². The van der Waals surface area contributed by atoms with E-state index in [1.165, 1.54) is 12.5 Å². The Morgan fingerprint density at radius 1 is 1.33 bits per heavy atom. The number of anilines is 1. The van der Waals surface area contributed by atoms with E-state index in [2.05, 4.69) is 31.2 Å². The number of aryl methyl sites for hydroxylation is 2. The molecule has 1 aromatic carbocycles. The molecule has 0 saturated carbocycles. The van der Waals surface area contributed by atoms with Gasteiger partial charge in [-0.15, -0.1) is 0 Å². The lowest BCUT2D eigenvalue weighted by atomic mass is 10.2. The van der Waals surface area contributed by atoms with Gasteiger partial charge in [0.1, 0.15) is 6.33 Å². The van der Waals surface area contributed by atoms with Crippen molar-refractivity contribution >= 4 is 27.5 Å². The summed E-state index contributed by atoms with van der Waals surface area (Å²) in [6.45, 7) is 3.77. The van der Waals surface area contributed by atoms with Gasteiger partial charge in [-0.3, -0.25) is 4.79 Å². The van der Waals surface area contributed by atoms with E-state index < -0.39 is 0 Å². The normalized spacial score (nSPS) is 10.2. The van der Waals surface area contributed by atoms with Gasteiger partial charge in [0.15, 0.2) is 0 Å². The zero-order valence-corrected chi connectivity index (χ0v) is 11.7. The summed E-state index contributed by atoms with van der Waals surface area (Å²) in [5.74, 6) is -0.205. The van der Waals surface area contributed by atoms with Crippen LogP contribution >= 0.6 is 15.9 Å². The van der Waals surface area contributed by atoms with Crippen molar-refractivity contribution < 1.29 is 4.79 Å². The summed E-state index contributed by atoms with van der Waals surface area (Å²) in [6.07, 6.45) is 2.94. The molecule has 0 fully saturated rings. The number of benzene rings is 1. The predicted molar refractivity (Wildman–Crippen MR) is 73.6 cm³/mol. The SMILES string of the molecule is Cc1ccc(NC(=O)c2cncnc2C)cc1Br. The van der Waals surface area contributed by atoms with E-state index in [0.717, 1.165) is 15.7 Å². The first-order chi connectivity index (χ1) is 8.58. The van der Waals surface area contributed by atoms with Crippen LogP contribution in [0.15, 0.2) is 35.2 Å². The van der Waals surface area contributed by atoms with Crippen LogP contribution in [-0.4, -0.2) is 15.9 Å². The van der Waals surface area contributed by atoms with Gasteiger partial charge in [0.25, 0.3) is 5.91 Å². The zero-order valence-electron chi connectivity index (χ0n) is 10.1. The summed E-state index contributed by atoms with van der Waals surface area (Å²) < 4.78 is 0.960. The van der Waals surface area contributed by atoms with E-state index in [1.54, 1.807) is 6.92 Å². The third kappa shape index (κ3) is 2.73. The molecule has 1 amide bonds. The topological polar surface area (TPSA) is 54.9 Å². The van der Waals surface area contributed by atoms with Crippen LogP contribution in [-0.2, 0) is 0 Å². The summed E-state index contributed by atoms with van der Waals surface area (Å²) >= 11 is 3.43. The minimum absolute atomic E-state index is 0.205. The number of hydrogen-bond donors (Lipinski definition) is 1. The second-order valence-corrected chi connectivity index (χ2v) is 4.79. The van der Waals surface area contributed by atoms with E-state index >= 15 is 0 Å². The van der Waals surface area contributed by atoms with Crippen LogP contribution in [0.2, 0.25) is 0 Å². The molecule has 0 atom stereocenters. The highest BCUT2D eigenvalue weighted by Crippen LogP contribution is 2.21. The fraction of sp³-hybridized carbons (Fsp3) is 0.154. The van der Waals surface area contributed by atoms with Gasteiger partial charge >= 0.3 is 0 Å². The number of rotatable bonds is 2. The van der Waals surface area contributed by atoms with Crippen LogP contribution in [0, 0.1) is 13.8 Å². The molecule has 92 valence electrons. The number of aromatic nitrogens is 2. The number of nitrogens with zero attached hydrogens (tertiary/aromatic N) is 2. The molecule has 2 rings (SSSR count). The highest BCUT2D eigenvalue weighted by atomic mass is 79.9. The third-order valence-corrected chi connectivity index (χ3v) is 3.44. The first-order valence-corrected chi connectivity index (χ1v) is 6.21. The van der Waals surface area contributed by atoms with Crippen LogP contribution in [0.5, 0.6) is 0 Å². The Labute approximate surface area is 114 Å². The van der Waals surface area contributed by atoms with Crippen LogP contribution < -0.4 is 5.32 Å². The van der Waals surface area contributed by atoms with Gasteiger partial charge in [-0.05, 0) is 31.5 Å². The fourth-order valence-electron chi connectivity index (χ4n) is 1.48. The first-order valence-electron chi connectivity index (χ1n) is 5.42. The molecule has 0 unspecified atom stereocenters. The number of carbonyl (C=O) groups is 1. The summed E-state index contributed by atoms with van der Waals surface area (Å²) in [5.41, 5.74) is 3.00. The third-order valence-electron chi connectivity index (χ3n) is 2.59. The Morgan fingerprint density at radius 3 is 2.78 bits per heavy atom. The van der Waals surface area contributed by atoms with Crippen molar-refractivity contribution in [3.05, 3.63) is 52.0 Å². The molecule has 1 aromatic heterocycles. The molecule has 4 nitrogen and oxygen atoms in total. The standard InChI is InChI=1S/C13H12BrN3O/c1-8-3-4-10(5-12(8)14)17-13(18)11-6-15-7-16-9(11)2/h3-7H,1-2H3,(H,17,18). The van der Waals surface area contributed by atoms with Gasteiger partial charge in [0, 0.05) is 16.4 Å². The van der Waals surface area contributed by atoms with Crippen molar-refractivity contribution in [3.63, 3.8) is 0 Å². The summed E-state index contributed by atoms with van der Waals surface area (Å²) in [7, 11) is 0. The molecule has 0 aliphatic heterocycles. The van der Waals surface area contributed by atoms with Crippen molar-refractivity contribution in [1.82, 2.24) is 9.97 Å². The van der Waals surface area contributed by atoms with Crippen LogP contribution in [0.4, 0.5) is 5.69 Å². The van der Waals surface area contributed by atoms with Crippen LogP contribution in [0.3, 0.4) is 0 Å². The van der Waals surface area contributed by atoms with Gasteiger partial charge < -0.3 is 5.32 Å². The second kappa shape index (κ2) is 5.27. The van der Waals surface area contributed by atoms with Crippen molar-refractivity contribution in [2.24, 2.45) is 0 Å². The van der Waals surface area contributed by atoms with E-state index in [0.29, 0.717) is 11.3 Å². The molecule has 0 radical (unpaired) electrons. The number of nitrogens with one attached hydrogen (secondary N) is 1. The van der Waals surface area contributed by atoms with Crippen molar-refractivity contribution in [3.8, 4) is 0 Å². The maximum Gasteiger partial charge on any atom is 0.259 e. The lowest BCUT2D eigenvalue weighted by Gasteiger charge is -2.07. The van der Waals surface area contributed by atoms with E-state index in [-0.39, 0.29) is 5.91 Å². The molecule has 0 spiro atoms. The maximum absolute atomic E-state index is 12.0. The molecular weight excluding hydrogens is 294 g/mol. The molecule has 1 heterocycles. The minimum atomic E-state index is -0.205. The number of amides is 1. The van der Waals surface area contributed by atoms with E-state index in [9.17, 15) is 4.79 Å². The molecule has 2 aromatic rings. The largest absolute Gasteiger partial charge is 0.322 e. The van der Waals surface area contributed by atoms with Crippen molar-refractivity contribution in [2.45, 2.75) is 13.8 Å². The predicted octanol–water partition coefficient (Wildman–Crippen LogP) is 3.11. The Hall–Kier alpha value is -1.75. The molecule has 0 aliphatic rings. The maximum atomic E-state index is 12.0. The average Bonchev–Trinajstić information content (AvgIpc) is 2.34. The molecule has 0 saturated heterocycles. The smallest absolute Gasteiger partial charge is 0.259 e. The number of carbonyl (C=O) groups excluding carboxylic acids is 1. The summed E-state index contributed by atoms with van der Waals surface area (Å²) in [6, 6.07) is 5.66. The molecule has 0 bridgehead atoms. The zero-order chi connectivity index (χ0) is 13.1. The van der Waals surface area contributed by atoms with E-state index in [4.69, 9.17) is 0 Å². The highest BCUT2D eigenvalue weighted by Gasteiger charge is 2.10. The van der Waals surface area contributed by atoms with E-state index in [1.807, 2.05) is 25.1 Å². The van der Waals surface area contributed by atoms with Gasteiger partial charge in [-0.2, -0.15) is 0 Å². The summed E-state index contributed by atoms with van der Waals surface area (Å²) in [5, 5.41) is 2.82. The van der Waals surface area contributed by atoms with Gasteiger partial charge in [-0.25, -0.2) is 9.97 Å². The number of halogens is 1. The average molecular weight is 306 g/mol. The fourth-order valence-corrected chi connectivity index (χ4v) is 1.86. The lowest BCUT2D eigenvalue weighted by Crippen LogP contribution is -2.14. The summed E-state index contributed by atoms with van der Waals surface area (Å²) in [4.78, 5) is 19.9. The van der Waals surface area contributed by atoms with Crippen LogP contribution in [0.1, 0.15) is 21.6 Å². The monoisotopic (exact) mass is 305 g/mol. The Balaban J connectivity index is 2.22. The number of hydrogen-bond acceptors (Lipinski definition) is 3. The second-order valence-electron chi connectivity index (χ2n) is 3.94. The minimum Gasteiger partial charge on any atom is -0.322 e. The molecule has 5 heteroatoms. The quantitative estimate of drug-likeness (QED) is 0.927. The molecule has 0 aliphatic carbocycles. The molecule has 18 heavy (non-hydrogen) atoms. The van der Waals surface area contributed by atoms with Gasteiger partial charge in [-0.1, -0.05) is 22.0 Å². The Bertz CT molecular complexity index is 599. The van der Waals surface area contributed by atoms with Crippen molar-refractivity contribution in [1.29, 1.82) is 0 Å².